The third-order valence-electron chi connectivity index (χ3n) is 2.55. The first-order valence-corrected chi connectivity index (χ1v) is 7.60. The van der Waals surface area contributed by atoms with Gasteiger partial charge in [-0.3, -0.25) is 4.79 Å². The van der Waals surface area contributed by atoms with E-state index in [-0.39, 0.29) is 5.97 Å². The van der Waals surface area contributed by atoms with Gasteiger partial charge < -0.3 is 9.64 Å². The van der Waals surface area contributed by atoms with Crippen LogP contribution < -0.4 is 0 Å². The highest BCUT2D eigenvalue weighted by Gasteiger charge is 2.06. The molecular weight excluding hydrogens is 305 g/mol. The molecule has 0 spiro atoms. The van der Waals surface area contributed by atoms with Crippen molar-refractivity contribution < 1.29 is 9.53 Å². The van der Waals surface area contributed by atoms with Crippen molar-refractivity contribution in [3.63, 3.8) is 0 Å². The minimum absolute atomic E-state index is 0.183. The Bertz CT molecular complexity index is 429. The van der Waals surface area contributed by atoms with E-state index in [0.717, 1.165) is 17.2 Å². The normalized spacial score (nSPS) is 10.8. The molecule has 0 N–H and O–H groups in total. The van der Waals surface area contributed by atoms with Gasteiger partial charge in [-0.05, 0) is 25.2 Å². The standard InChI is InChI=1S/C13H17Cl2NO2S/c1-16(6-5-13(17)18-2)7-8-19-12-9-10(14)3-4-11(12)15/h3-4,9H,5-8H2,1-2H3. The van der Waals surface area contributed by atoms with Crippen LogP contribution in [0.2, 0.25) is 10.0 Å². The number of methoxy groups -OCH3 is 1. The number of benzene rings is 1. The van der Waals surface area contributed by atoms with Gasteiger partial charge in [0.25, 0.3) is 0 Å². The van der Waals surface area contributed by atoms with Gasteiger partial charge in [0, 0.05) is 28.8 Å². The number of nitrogens with zero attached hydrogens (tertiary/aromatic N) is 1. The van der Waals surface area contributed by atoms with E-state index in [0.29, 0.717) is 23.0 Å². The minimum Gasteiger partial charge on any atom is -0.469 e. The van der Waals surface area contributed by atoms with Crippen molar-refractivity contribution in [3.05, 3.63) is 28.2 Å². The second-order valence-electron chi connectivity index (χ2n) is 4.05. The fourth-order valence-corrected chi connectivity index (χ4v) is 2.95. The molecule has 0 atom stereocenters. The van der Waals surface area contributed by atoms with E-state index in [2.05, 4.69) is 9.64 Å². The van der Waals surface area contributed by atoms with Crippen molar-refractivity contribution in [1.29, 1.82) is 0 Å². The smallest absolute Gasteiger partial charge is 0.306 e. The van der Waals surface area contributed by atoms with E-state index in [9.17, 15) is 4.79 Å². The predicted octanol–water partition coefficient (Wildman–Crippen LogP) is 3.58. The van der Waals surface area contributed by atoms with Crippen LogP contribution in [0.25, 0.3) is 0 Å². The van der Waals surface area contributed by atoms with Gasteiger partial charge in [-0.1, -0.05) is 23.2 Å². The Kier molecular flexibility index (Phi) is 7.61. The van der Waals surface area contributed by atoms with Crippen LogP contribution >= 0.6 is 35.0 Å². The maximum atomic E-state index is 11.0. The molecule has 0 saturated carbocycles. The molecule has 0 radical (unpaired) electrons. The van der Waals surface area contributed by atoms with Crippen LogP contribution in [0, 0.1) is 0 Å². The Morgan fingerprint density at radius 3 is 2.79 bits per heavy atom. The van der Waals surface area contributed by atoms with E-state index in [1.165, 1.54) is 7.11 Å². The van der Waals surface area contributed by atoms with Crippen LogP contribution in [0.4, 0.5) is 0 Å². The molecule has 106 valence electrons. The Balaban J connectivity index is 2.29. The number of hydrogen-bond acceptors (Lipinski definition) is 4. The van der Waals surface area contributed by atoms with Gasteiger partial charge in [-0.15, -0.1) is 11.8 Å². The summed E-state index contributed by atoms with van der Waals surface area (Å²) in [5.74, 6) is 0.704. The molecule has 19 heavy (non-hydrogen) atoms. The summed E-state index contributed by atoms with van der Waals surface area (Å²) in [4.78, 5) is 14.1. The Labute approximate surface area is 128 Å². The molecule has 6 heteroatoms. The fraction of sp³-hybridized carbons (Fsp3) is 0.462. The molecule has 1 aromatic carbocycles. The van der Waals surface area contributed by atoms with E-state index in [1.54, 1.807) is 23.9 Å². The molecule has 0 unspecified atom stereocenters. The van der Waals surface area contributed by atoms with Crippen LogP contribution in [-0.4, -0.2) is 43.9 Å². The lowest BCUT2D eigenvalue weighted by molar-refractivity contribution is -0.140. The highest BCUT2D eigenvalue weighted by Crippen LogP contribution is 2.29. The van der Waals surface area contributed by atoms with Crippen LogP contribution in [0.1, 0.15) is 6.42 Å². The van der Waals surface area contributed by atoms with Crippen molar-refractivity contribution in [2.75, 3.05) is 33.0 Å². The average Bonchev–Trinajstić information content (AvgIpc) is 2.40. The maximum absolute atomic E-state index is 11.0. The first-order chi connectivity index (χ1) is 9.02. The third-order valence-corrected chi connectivity index (χ3v) is 4.26. The first-order valence-electron chi connectivity index (χ1n) is 5.86. The number of esters is 1. The average molecular weight is 322 g/mol. The minimum atomic E-state index is -0.183. The molecule has 0 aliphatic rings. The number of thioether (sulfide) groups is 1. The summed E-state index contributed by atoms with van der Waals surface area (Å²) in [6.07, 6.45) is 0.412. The molecular formula is C13H17Cl2NO2S. The SMILES string of the molecule is COC(=O)CCN(C)CCSc1cc(Cl)ccc1Cl. The molecule has 1 aromatic rings. The summed E-state index contributed by atoms with van der Waals surface area (Å²) in [7, 11) is 3.38. The van der Waals surface area contributed by atoms with Gasteiger partial charge in [0.05, 0.1) is 18.6 Å². The fourth-order valence-electron chi connectivity index (χ4n) is 1.40. The molecule has 0 heterocycles. The van der Waals surface area contributed by atoms with Crippen LogP contribution in [-0.2, 0) is 9.53 Å². The van der Waals surface area contributed by atoms with Gasteiger partial charge in [-0.2, -0.15) is 0 Å². The predicted molar refractivity (Wildman–Crippen MR) is 81.3 cm³/mol. The van der Waals surface area contributed by atoms with Gasteiger partial charge in [0.2, 0.25) is 0 Å². The zero-order valence-corrected chi connectivity index (χ0v) is 13.3. The zero-order chi connectivity index (χ0) is 14.3. The number of rotatable bonds is 7. The topological polar surface area (TPSA) is 29.5 Å². The second kappa shape index (κ2) is 8.69. The lowest BCUT2D eigenvalue weighted by Gasteiger charge is -2.15. The Morgan fingerprint density at radius 2 is 2.11 bits per heavy atom. The third kappa shape index (κ3) is 6.52. The highest BCUT2D eigenvalue weighted by atomic mass is 35.5. The summed E-state index contributed by atoms with van der Waals surface area (Å²) in [5, 5.41) is 1.40. The summed E-state index contributed by atoms with van der Waals surface area (Å²) in [5.41, 5.74) is 0. The zero-order valence-electron chi connectivity index (χ0n) is 11.0. The number of halogens is 2. The maximum Gasteiger partial charge on any atom is 0.306 e. The number of carbonyl (C=O) groups is 1. The van der Waals surface area contributed by atoms with E-state index in [4.69, 9.17) is 23.2 Å². The van der Waals surface area contributed by atoms with Gasteiger partial charge in [-0.25, -0.2) is 0 Å². The largest absolute Gasteiger partial charge is 0.469 e. The van der Waals surface area contributed by atoms with Gasteiger partial charge in [0.15, 0.2) is 0 Å². The molecule has 0 bridgehead atoms. The van der Waals surface area contributed by atoms with Gasteiger partial charge >= 0.3 is 5.97 Å². The molecule has 0 fully saturated rings. The molecule has 0 amide bonds. The molecule has 0 aromatic heterocycles. The van der Waals surface area contributed by atoms with E-state index < -0.39 is 0 Å². The first kappa shape index (κ1) is 16.6. The van der Waals surface area contributed by atoms with Crippen LogP contribution in [0.5, 0.6) is 0 Å². The second-order valence-corrected chi connectivity index (χ2v) is 6.03. The molecule has 0 saturated heterocycles. The number of carbonyl (C=O) groups excluding carboxylic acids is 1. The Morgan fingerprint density at radius 1 is 1.37 bits per heavy atom. The van der Waals surface area contributed by atoms with Crippen LogP contribution in [0.15, 0.2) is 23.1 Å². The molecule has 3 nitrogen and oxygen atoms in total. The van der Waals surface area contributed by atoms with Crippen molar-refractivity contribution in [2.45, 2.75) is 11.3 Å². The highest BCUT2D eigenvalue weighted by molar-refractivity contribution is 7.99. The van der Waals surface area contributed by atoms with Crippen molar-refractivity contribution in [1.82, 2.24) is 4.90 Å². The summed E-state index contributed by atoms with van der Waals surface area (Å²) < 4.78 is 4.60. The number of hydrogen-bond donors (Lipinski definition) is 0. The summed E-state index contributed by atoms with van der Waals surface area (Å²) >= 11 is 13.7. The quantitative estimate of drug-likeness (QED) is 0.567. The molecule has 0 aliphatic carbocycles. The Hall–Kier alpha value is -0.420. The lowest BCUT2D eigenvalue weighted by atomic mass is 10.4. The van der Waals surface area contributed by atoms with Crippen molar-refractivity contribution in [3.8, 4) is 0 Å². The summed E-state index contributed by atoms with van der Waals surface area (Å²) in [6, 6.07) is 5.44. The molecule has 0 aliphatic heterocycles. The monoisotopic (exact) mass is 321 g/mol. The van der Waals surface area contributed by atoms with Crippen LogP contribution in [0.3, 0.4) is 0 Å². The van der Waals surface area contributed by atoms with E-state index in [1.807, 2.05) is 13.1 Å². The van der Waals surface area contributed by atoms with Crippen molar-refractivity contribution in [2.24, 2.45) is 0 Å². The lowest BCUT2D eigenvalue weighted by Crippen LogP contribution is -2.24. The van der Waals surface area contributed by atoms with Gasteiger partial charge in [0.1, 0.15) is 0 Å². The summed E-state index contributed by atoms with van der Waals surface area (Å²) in [6.45, 7) is 1.56. The molecule has 1 rings (SSSR count). The van der Waals surface area contributed by atoms with Crippen molar-refractivity contribution >= 4 is 40.9 Å². The number of ether oxygens (including phenoxy) is 1. The van der Waals surface area contributed by atoms with E-state index >= 15 is 0 Å².